The first-order valence-electron chi connectivity index (χ1n) is 15.7. The van der Waals surface area contributed by atoms with E-state index in [0.717, 1.165) is 40.1 Å². The summed E-state index contributed by atoms with van der Waals surface area (Å²) in [6.07, 6.45) is -4.86. The topological polar surface area (TPSA) is 103 Å². The van der Waals surface area contributed by atoms with Gasteiger partial charge in [0, 0.05) is 48.9 Å². The quantitative estimate of drug-likeness (QED) is 0.216. The fourth-order valence-corrected chi connectivity index (χ4v) is 7.89. The first kappa shape index (κ1) is 33.2. The molecule has 16 heteroatoms. The zero-order valence-electron chi connectivity index (χ0n) is 26.0. The third-order valence-corrected chi connectivity index (χ3v) is 10.4. The SMILES string of the molecule is O[C@H](CC(F)(F)F)c1ccc(N2CCN(c3ccc(C45CC(C(F)(F)[C@](O)(Cn6cnnn6)c6ccc(F)cc6F)(C4)C5)cc3)CC2)cn1. The molecule has 3 aliphatic carbocycles. The molecule has 9 nitrogen and oxygen atoms in total. The van der Waals surface area contributed by atoms with Crippen molar-refractivity contribution in [3.8, 4) is 0 Å². The monoisotopic (exact) mass is 691 g/mol. The Balaban J connectivity index is 0.994. The number of benzene rings is 2. The highest BCUT2D eigenvalue weighted by Crippen LogP contribution is 2.80. The zero-order chi connectivity index (χ0) is 34.8. The summed E-state index contributed by atoms with van der Waals surface area (Å²) >= 11 is 0. The minimum absolute atomic E-state index is 0.0417. The smallest absolute Gasteiger partial charge is 0.386 e. The highest BCUT2D eigenvalue weighted by Gasteiger charge is 2.82. The molecule has 2 N–H and O–H groups in total. The highest BCUT2D eigenvalue weighted by atomic mass is 19.4. The van der Waals surface area contributed by atoms with Gasteiger partial charge in [0.05, 0.1) is 30.5 Å². The van der Waals surface area contributed by atoms with Gasteiger partial charge in [0.1, 0.15) is 24.1 Å². The lowest BCUT2D eigenvalue weighted by molar-refractivity contribution is -0.347. The average molecular weight is 692 g/mol. The molecule has 3 saturated carbocycles. The standard InChI is InChI=1S/C33H32F7N7O2/c34-22-3-7-25(26(35)13-22)31(49,19-47-20-42-43-44-47)33(39,40)30-16-29(17-30,18-30)21-1-4-23(5-2-21)45-9-11-46(12-10-45)24-6-8-27(41-15-24)28(48)14-32(36,37)38/h1-8,13,15,20,28,48-49H,9-12,14,16-19H2/t28-,29?,30?,31+/m1/s1. The Morgan fingerprint density at radius 2 is 1.47 bits per heavy atom. The summed E-state index contributed by atoms with van der Waals surface area (Å²) in [7, 11) is 0. The maximum Gasteiger partial charge on any atom is 0.391 e. The summed E-state index contributed by atoms with van der Waals surface area (Å²) in [6.45, 7) is 1.71. The zero-order valence-corrected chi connectivity index (χ0v) is 26.0. The van der Waals surface area contributed by atoms with Gasteiger partial charge in [0.2, 0.25) is 0 Å². The van der Waals surface area contributed by atoms with Crippen molar-refractivity contribution in [3.63, 3.8) is 0 Å². The van der Waals surface area contributed by atoms with Crippen LogP contribution in [-0.2, 0) is 17.6 Å². The van der Waals surface area contributed by atoms with E-state index in [1.807, 2.05) is 24.3 Å². The van der Waals surface area contributed by atoms with Crippen molar-refractivity contribution in [2.24, 2.45) is 5.41 Å². The fraction of sp³-hybridized carbons (Fsp3) is 0.455. The van der Waals surface area contributed by atoms with Crippen LogP contribution in [0.1, 0.15) is 48.6 Å². The lowest BCUT2D eigenvalue weighted by Gasteiger charge is -2.74. The van der Waals surface area contributed by atoms with Crippen LogP contribution >= 0.6 is 0 Å². The second-order valence-electron chi connectivity index (χ2n) is 13.5. The normalized spacial score (nSPS) is 24.2. The maximum atomic E-state index is 16.5. The van der Waals surface area contributed by atoms with Crippen LogP contribution in [0, 0.1) is 17.0 Å². The third-order valence-electron chi connectivity index (χ3n) is 10.4. The molecular formula is C33H32F7N7O2. The van der Waals surface area contributed by atoms with Crippen molar-refractivity contribution < 1.29 is 40.9 Å². The van der Waals surface area contributed by atoms with Gasteiger partial charge in [-0.15, -0.1) is 5.10 Å². The molecule has 2 aromatic heterocycles. The van der Waals surface area contributed by atoms with Crippen LogP contribution in [0.5, 0.6) is 0 Å². The van der Waals surface area contributed by atoms with Crippen LogP contribution in [0.25, 0.3) is 0 Å². The van der Waals surface area contributed by atoms with Crippen LogP contribution in [0.4, 0.5) is 42.1 Å². The van der Waals surface area contributed by atoms with E-state index >= 15 is 8.78 Å². The third kappa shape index (κ3) is 5.67. The largest absolute Gasteiger partial charge is 0.391 e. The first-order valence-corrected chi connectivity index (χ1v) is 15.7. The molecule has 8 rings (SSSR count). The Kier molecular flexibility index (Phi) is 7.89. The minimum Gasteiger partial charge on any atom is -0.386 e. The Labute approximate surface area is 276 Å². The molecule has 0 radical (unpaired) electrons. The van der Waals surface area contributed by atoms with Gasteiger partial charge in [-0.25, -0.2) is 22.2 Å². The summed E-state index contributed by atoms with van der Waals surface area (Å²) in [4.78, 5) is 8.26. The molecule has 4 aliphatic rings. The Morgan fingerprint density at radius 1 is 0.837 bits per heavy atom. The Bertz CT molecular complexity index is 1780. The molecule has 1 aliphatic heterocycles. The summed E-state index contributed by atoms with van der Waals surface area (Å²) in [5, 5.41) is 31.9. The molecule has 0 spiro atoms. The van der Waals surface area contributed by atoms with Crippen molar-refractivity contribution in [2.75, 3.05) is 36.0 Å². The number of anilines is 2. The maximum absolute atomic E-state index is 16.5. The fourth-order valence-electron chi connectivity index (χ4n) is 7.89. The predicted octanol–water partition coefficient (Wildman–Crippen LogP) is 5.30. The number of aliphatic hydroxyl groups is 2. The molecule has 1 saturated heterocycles. The van der Waals surface area contributed by atoms with Gasteiger partial charge in [-0.05, 0) is 77.1 Å². The molecular weight excluding hydrogens is 659 g/mol. The number of pyridine rings is 1. The average Bonchev–Trinajstić information content (AvgIpc) is 3.52. The van der Waals surface area contributed by atoms with Crippen molar-refractivity contribution in [1.82, 2.24) is 25.2 Å². The number of hydrogen-bond acceptors (Lipinski definition) is 8. The van der Waals surface area contributed by atoms with E-state index in [1.54, 1.807) is 6.07 Å². The number of aliphatic hydroxyl groups excluding tert-OH is 1. The first-order chi connectivity index (χ1) is 23.1. The Morgan fingerprint density at radius 3 is 2.02 bits per heavy atom. The van der Waals surface area contributed by atoms with Crippen LogP contribution < -0.4 is 9.80 Å². The Hall–Kier alpha value is -4.31. The number of alkyl halides is 5. The van der Waals surface area contributed by atoms with Crippen LogP contribution in [0.15, 0.2) is 67.1 Å². The van der Waals surface area contributed by atoms with Gasteiger partial charge in [0.15, 0.2) is 5.60 Å². The predicted molar refractivity (Wildman–Crippen MR) is 162 cm³/mol. The van der Waals surface area contributed by atoms with Gasteiger partial charge in [0.25, 0.3) is 5.92 Å². The molecule has 4 aromatic rings. The lowest BCUT2D eigenvalue weighted by atomic mass is 9.30. The summed E-state index contributed by atoms with van der Waals surface area (Å²) in [6, 6.07) is 12.9. The van der Waals surface area contributed by atoms with Gasteiger partial charge < -0.3 is 20.0 Å². The van der Waals surface area contributed by atoms with Crippen molar-refractivity contribution in [3.05, 3.63) is 95.6 Å². The van der Waals surface area contributed by atoms with Gasteiger partial charge >= 0.3 is 6.18 Å². The number of nitrogens with zero attached hydrogens (tertiary/aromatic N) is 7. The second-order valence-corrected chi connectivity index (χ2v) is 13.5. The van der Waals surface area contributed by atoms with E-state index in [0.29, 0.717) is 32.2 Å². The molecule has 3 heterocycles. The van der Waals surface area contributed by atoms with Crippen molar-refractivity contribution in [2.45, 2.75) is 61.4 Å². The molecule has 2 aromatic carbocycles. The van der Waals surface area contributed by atoms with E-state index in [4.69, 9.17) is 0 Å². The molecule has 2 bridgehead atoms. The van der Waals surface area contributed by atoms with Crippen LogP contribution in [-0.4, -0.2) is 73.7 Å². The number of rotatable bonds is 10. The van der Waals surface area contributed by atoms with E-state index in [2.05, 4.69) is 30.3 Å². The molecule has 2 atom stereocenters. The summed E-state index contributed by atoms with van der Waals surface area (Å²) in [5.74, 6) is -6.06. The van der Waals surface area contributed by atoms with Gasteiger partial charge in [-0.3, -0.25) is 4.98 Å². The van der Waals surface area contributed by atoms with Crippen molar-refractivity contribution in [1.29, 1.82) is 0 Å². The lowest BCUT2D eigenvalue weighted by Crippen LogP contribution is -2.76. The van der Waals surface area contributed by atoms with E-state index in [-0.39, 0.29) is 25.0 Å². The number of tetrazole rings is 1. The second kappa shape index (κ2) is 11.6. The molecule has 260 valence electrons. The van der Waals surface area contributed by atoms with Crippen molar-refractivity contribution >= 4 is 11.4 Å². The van der Waals surface area contributed by atoms with Gasteiger partial charge in [-0.1, -0.05) is 12.1 Å². The summed E-state index contributed by atoms with van der Waals surface area (Å²) in [5.41, 5.74) is -3.36. The summed E-state index contributed by atoms with van der Waals surface area (Å²) < 4.78 is 100. The van der Waals surface area contributed by atoms with Crippen LogP contribution in [0.3, 0.4) is 0 Å². The molecule has 0 unspecified atom stereocenters. The van der Waals surface area contributed by atoms with Gasteiger partial charge in [-0.2, -0.15) is 13.2 Å². The molecule has 4 fully saturated rings. The van der Waals surface area contributed by atoms with E-state index in [1.165, 1.54) is 12.3 Å². The number of aromatic nitrogens is 5. The minimum atomic E-state index is -4.50. The van der Waals surface area contributed by atoms with E-state index in [9.17, 15) is 32.2 Å². The number of hydrogen-bond donors (Lipinski definition) is 2. The van der Waals surface area contributed by atoms with Crippen LogP contribution in [0.2, 0.25) is 0 Å². The molecule has 0 amide bonds. The molecule has 49 heavy (non-hydrogen) atoms. The van der Waals surface area contributed by atoms with E-state index < -0.39 is 64.8 Å². The number of halogens is 7. The highest BCUT2D eigenvalue weighted by molar-refractivity contribution is 5.54. The number of piperazine rings is 1.